The number of anilines is 6. The molecule has 0 radical (unpaired) electrons. The van der Waals surface area contributed by atoms with E-state index in [1.807, 2.05) is 24.3 Å². The van der Waals surface area contributed by atoms with E-state index in [1.165, 1.54) is 0 Å². The van der Waals surface area contributed by atoms with Gasteiger partial charge in [-0.3, -0.25) is 0 Å². The molecular formula is C54H36N2O6. The van der Waals surface area contributed by atoms with Gasteiger partial charge in [0.2, 0.25) is 0 Å². The highest BCUT2D eigenvalue weighted by Gasteiger charge is 2.22. The van der Waals surface area contributed by atoms with Crippen LogP contribution in [0.5, 0.6) is 23.0 Å². The number of rotatable bonds is 6. The van der Waals surface area contributed by atoms with Crippen molar-refractivity contribution in [1.82, 2.24) is 0 Å². The molecule has 8 nitrogen and oxygen atoms in total. The fourth-order valence-corrected chi connectivity index (χ4v) is 9.20. The lowest BCUT2D eigenvalue weighted by Crippen LogP contribution is -2.16. The van der Waals surface area contributed by atoms with Crippen LogP contribution in [-0.4, -0.2) is 26.4 Å². The van der Waals surface area contributed by atoms with Gasteiger partial charge in [-0.05, 0) is 131 Å². The van der Waals surface area contributed by atoms with Gasteiger partial charge in [-0.2, -0.15) is 0 Å². The van der Waals surface area contributed by atoms with Gasteiger partial charge in [0.05, 0.1) is 11.4 Å². The molecule has 11 aromatic rings. The molecule has 8 heteroatoms. The molecule has 13 rings (SSSR count). The molecule has 0 saturated carbocycles. The van der Waals surface area contributed by atoms with Crippen LogP contribution in [0.2, 0.25) is 0 Å². The largest absolute Gasteiger partial charge is 0.486 e. The first-order valence-corrected chi connectivity index (χ1v) is 20.9. The summed E-state index contributed by atoms with van der Waals surface area (Å²) in [5.74, 6) is 3.02. The van der Waals surface area contributed by atoms with Crippen molar-refractivity contribution in [2.75, 3.05) is 36.2 Å². The van der Waals surface area contributed by atoms with Gasteiger partial charge in [-0.15, -0.1) is 0 Å². The molecule has 298 valence electrons. The summed E-state index contributed by atoms with van der Waals surface area (Å²) in [5.41, 5.74) is 9.17. The molecule has 9 aromatic carbocycles. The predicted octanol–water partition coefficient (Wildman–Crippen LogP) is 14.3. The summed E-state index contributed by atoms with van der Waals surface area (Å²) in [6, 6.07) is 59.2. The minimum atomic E-state index is 0.529. The summed E-state index contributed by atoms with van der Waals surface area (Å²) >= 11 is 0. The van der Waals surface area contributed by atoms with Crippen LogP contribution in [0, 0.1) is 0 Å². The fourth-order valence-electron chi connectivity index (χ4n) is 9.20. The maximum atomic E-state index is 6.76. The zero-order chi connectivity index (χ0) is 40.7. The average Bonchev–Trinajstić information content (AvgIpc) is 3.88. The molecule has 0 amide bonds. The van der Waals surface area contributed by atoms with Crippen LogP contribution in [0.15, 0.2) is 179 Å². The zero-order valence-corrected chi connectivity index (χ0v) is 33.3. The normalized spacial score (nSPS) is 13.4. The lowest BCUT2D eigenvalue weighted by atomic mass is 10.0. The smallest absolute Gasteiger partial charge is 0.178 e. The van der Waals surface area contributed by atoms with Gasteiger partial charge in [0.25, 0.3) is 0 Å². The van der Waals surface area contributed by atoms with E-state index in [0.717, 1.165) is 123 Å². The summed E-state index contributed by atoms with van der Waals surface area (Å²) < 4.78 is 37.2. The molecule has 0 aliphatic carbocycles. The van der Waals surface area contributed by atoms with E-state index < -0.39 is 0 Å². The van der Waals surface area contributed by atoms with Crippen molar-refractivity contribution in [3.63, 3.8) is 0 Å². The summed E-state index contributed by atoms with van der Waals surface area (Å²) in [6.45, 7) is 2.16. The first kappa shape index (κ1) is 34.7. The van der Waals surface area contributed by atoms with Crippen LogP contribution >= 0.6 is 0 Å². The Balaban J connectivity index is 0.910. The SMILES string of the molecule is c1ccc(N(c2ccc3c(c2)OCCO3)c2ccc3cc4c(cc3c2)oc2c4ccc3c4cc5ccc(N(c6ccccc6)c6ccc7c(c6)OCCO7)cc5cc4oc32)cc1. The molecule has 0 unspecified atom stereocenters. The number of benzene rings is 9. The highest BCUT2D eigenvalue weighted by molar-refractivity contribution is 6.21. The fraction of sp³-hybridized carbons (Fsp3) is 0.0741. The van der Waals surface area contributed by atoms with Crippen molar-refractivity contribution >= 4 is 99.5 Å². The van der Waals surface area contributed by atoms with Crippen LogP contribution in [0.1, 0.15) is 0 Å². The maximum absolute atomic E-state index is 6.76. The van der Waals surface area contributed by atoms with Crippen molar-refractivity contribution in [3.05, 3.63) is 170 Å². The monoisotopic (exact) mass is 808 g/mol. The molecular weight excluding hydrogens is 773 g/mol. The van der Waals surface area contributed by atoms with E-state index in [4.69, 9.17) is 27.8 Å². The van der Waals surface area contributed by atoms with E-state index in [-0.39, 0.29) is 0 Å². The number of fused-ring (bicyclic) bond motifs is 11. The van der Waals surface area contributed by atoms with Crippen molar-refractivity contribution in [2.24, 2.45) is 0 Å². The summed E-state index contributed by atoms with van der Waals surface area (Å²) in [5, 5.41) is 8.49. The second-order valence-electron chi connectivity index (χ2n) is 15.8. The second-order valence-corrected chi connectivity index (χ2v) is 15.8. The van der Waals surface area contributed by atoms with E-state index in [1.54, 1.807) is 0 Å². The van der Waals surface area contributed by atoms with Gasteiger partial charge >= 0.3 is 0 Å². The first-order chi connectivity index (χ1) is 30.7. The number of furan rings is 2. The van der Waals surface area contributed by atoms with E-state index in [0.29, 0.717) is 26.4 Å². The third kappa shape index (κ3) is 5.60. The number of hydrogen-bond donors (Lipinski definition) is 0. The average molecular weight is 809 g/mol. The predicted molar refractivity (Wildman–Crippen MR) is 247 cm³/mol. The van der Waals surface area contributed by atoms with Gasteiger partial charge in [-0.25, -0.2) is 0 Å². The Morgan fingerprint density at radius 2 is 0.694 bits per heavy atom. The molecule has 0 N–H and O–H groups in total. The number of ether oxygens (including phenoxy) is 4. The first-order valence-electron chi connectivity index (χ1n) is 20.9. The van der Waals surface area contributed by atoms with Crippen LogP contribution in [0.4, 0.5) is 34.1 Å². The van der Waals surface area contributed by atoms with Crippen LogP contribution < -0.4 is 28.7 Å². The van der Waals surface area contributed by atoms with Crippen molar-refractivity contribution < 1.29 is 27.8 Å². The highest BCUT2D eigenvalue weighted by atomic mass is 16.6. The Morgan fingerprint density at radius 3 is 1.15 bits per heavy atom. The van der Waals surface area contributed by atoms with Crippen molar-refractivity contribution in [3.8, 4) is 23.0 Å². The molecule has 4 heterocycles. The van der Waals surface area contributed by atoms with Gasteiger partial charge in [0, 0.05) is 56.4 Å². The topological polar surface area (TPSA) is 69.7 Å². The zero-order valence-electron chi connectivity index (χ0n) is 33.3. The van der Waals surface area contributed by atoms with Gasteiger partial charge in [0.15, 0.2) is 34.2 Å². The van der Waals surface area contributed by atoms with Crippen LogP contribution in [0.3, 0.4) is 0 Å². The second kappa shape index (κ2) is 13.7. The number of hydrogen-bond acceptors (Lipinski definition) is 8. The lowest BCUT2D eigenvalue weighted by molar-refractivity contribution is 0.171. The molecule has 0 spiro atoms. The molecule has 62 heavy (non-hydrogen) atoms. The van der Waals surface area contributed by atoms with E-state index >= 15 is 0 Å². The minimum Gasteiger partial charge on any atom is -0.486 e. The molecule has 0 saturated heterocycles. The third-order valence-corrected chi connectivity index (χ3v) is 12.1. The van der Waals surface area contributed by atoms with Gasteiger partial charge in [0.1, 0.15) is 37.6 Å². The number of para-hydroxylation sites is 2. The van der Waals surface area contributed by atoms with E-state index in [2.05, 4.69) is 155 Å². The standard InChI is InChI=1S/C54H36N2O6/c1-3-7-37(8-4-1)55(41-15-19-47-51(31-41)59-23-21-57-47)39-13-11-33-27-45-43-17-18-44-46-28-34-12-14-40(26-36(34)30-50(46)62-54(44)53(43)61-49(45)29-35(33)25-39)56(38-9-5-2-6-10-38)42-16-20-48-52(32-42)60-24-22-58-48/h1-20,25-32H,21-24H2. The Hall–Kier alpha value is -8.10. The molecule has 2 aliphatic rings. The number of nitrogens with zero attached hydrogens (tertiary/aromatic N) is 2. The lowest BCUT2D eigenvalue weighted by Gasteiger charge is -2.27. The van der Waals surface area contributed by atoms with E-state index in [9.17, 15) is 0 Å². The molecule has 0 atom stereocenters. The Labute approximate surface area is 355 Å². The highest BCUT2D eigenvalue weighted by Crippen LogP contribution is 2.45. The van der Waals surface area contributed by atoms with Gasteiger partial charge in [-0.1, -0.05) is 48.5 Å². The Kier molecular flexibility index (Phi) is 7.69. The summed E-state index contributed by atoms with van der Waals surface area (Å²) in [6.07, 6.45) is 0. The molecule has 2 aromatic heterocycles. The summed E-state index contributed by atoms with van der Waals surface area (Å²) in [7, 11) is 0. The summed E-state index contributed by atoms with van der Waals surface area (Å²) in [4.78, 5) is 4.48. The molecule has 0 bridgehead atoms. The molecule has 0 fully saturated rings. The Bertz CT molecular complexity index is 3320. The Morgan fingerprint density at radius 1 is 0.290 bits per heavy atom. The van der Waals surface area contributed by atoms with Crippen LogP contribution in [-0.2, 0) is 0 Å². The van der Waals surface area contributed by atoms with Crippen molar-refractivity contribution in [1.29, 1.82) is 0 Å². The quantitative estimate of drug-likeness (QED) is 0.164. The minimum absolute atomic E-state index is 0.529. The third-order valence-electron chi connectivity index (χ3n) is 12.1. The molecule has 2 aliphatic heterocycles. The maximum Gasteiger partial charge on any atom is 0.178 e. The van der Waals surface area contributed by atoms with Crippen LogP contribution in [0.25, 0.3) is 65.4 Å². The van der Waals surface area contributed by atoms with Gasteiger partial charge < -0.3 is 37.6 Å². The van der Waals surface area contributed by atoms with Crippen molar-refractivity contribution in [2.45, 2.75) is 0 Å².